The van der Waals surface area contributed by atoms with Crippen LogP contribution < -0.4 is 21.3 Å². The van der Waals surface area contributed by atoms with Gasteiger partial charge in [0.25, 0.3) is 0 Å². The Balaban J connectivity index is 1.12. The second-order valence-corrected chi connectivity index (χ2v) is 16.1. The SMILES string of the molecule is O=C(O)C(Cc1cccc(CNCCN(Cc2cccc(CC(C(=O)O)[C@H]3CCNC3)c2)Cc2cccc(CC(C(=O)O)[C@H]3CCNC3)c2)c1)[C@H]1CCNC1. The number of nitrogens with one attached hydrogen (secondary N) is 4. The van der Waals surface area contributed by atoms with Crippen molar-refractivity contribution in [1.82, 2.24) is 26.2 Å². The van der Waals surface area contributed by atoms with Crippen LogP contribution in [0.4, 0.5) is 0 Å². The first-order valence-electron chi connectivity index (χ1n) is 20.2. The largest absolute Gasteiger partial charge is 0.481 e. The van der Waals surface area contributed by atoms with E-state index in [1.807, 2.05) is 36.4 Å². The van der Waals surface area contributed by atoms with E-state index in [1.165, 1.54) is 0 Å². The van der Waals surface area contributed by atoms with Crippen molar-refractivity contribution in [3.8, 4) is 0 Å². The van der Waals surface area contributed by atoms with Crippen molar-refractivity contribution in [2.45, 2.75) is 58.2 Å². The third-order valence-corrected chi connectivity index (χ3v) is 12.0. The Kier molecular flexibility index (Phi) is 14.9. The molecule has 3 fully saturated rings. The van der Waals surface area contributed by atoms with Gasteiger partial charge in [0.15, 0.2) is 0 Å². The molecule has 3 unspecified atom stereocenters. The van der Waals surface area contributed by atoms with Crippen LogP contribution in [0.15, 0.2) is 72.8 Å². The lowest BCUT2D eigenvalue weighted by atomic mass is 9.86. The molecule has 3 heterocycles. The summed E-state index contributed by atoms with van der Waals surface area (Å²) in [5, 5.41) is 43.6. The number of carboxylic acids is 3. The second kappa shape index (κ2) is 20.2. The highest BCUT2D eigenvalue weighted by Crippen LogP contribution is 2.27. The minimum absolute atomic E-state index is 0.130. The normalized spacial score (nSPS) is 21.4. The maximum atomic E-state index is 12.3. The van der Waals surface area contributed by atoms with E-state index >= 15 is 0 Å². The molecule has 296 valence electrons. The number of hydrogen-bond acceptors (Lipinski definition) is 8. The van der Waals surface area contributed by atoms with E-state index in [4.69, 9.17) is 0 Å². The molecule has 7 N–H and O–H groups in total. The molecule has 3 aromatic rings. The van der Waals surface area contributed by atoms with E-state index in [-0.39, 0.29) is 17.8 Å². The monoisotopic (exact) mass is 753 g/mol. The van der Waals surface area contributed by atoms with Crippen LogP contribution in [0.2, 0.25) is 0 Å². The molecule has 11 nitrogen and oxygen atoms in total. The zero-order valence-corrected chi connectivity index (χ0v) is 31.9. The highest BCUT2D eigenvalue weighted by Gasteiger charge is 2.32. The summed E-state index contributed by atoms with van der Waals surface area (Å²) < 4.78 is 0. The first kappa shape index (κ1) is 40.5. The standard InChI is InChI=1S/C44H59N5O6/c50-42(51)39(36-10-13-45-25-36)21-30-4-1-7-33(18-30)24-48-16-17-49(28-34-8-2-5-31(19-34)22-40(43(52)53)37-11-14-46-26-37)29-35-9-3-6-32(20-35)23-41(44(54)55)38-12-15-47-27-38/h1-9,18-20,36-41,45-48H,10-17,21-29H2,(H,50,51)(H,52,53)(H,54,55)/t36-,37-,38-,39?,40?,41?/m0/s1. The summed E-state index contributed by atoms with van der Waals surface area (Å²) in [7, 11) is 0. The van der Waals surface area contributed by atoms with E-state index in [1.54, 1.807) is 0 Å². The Bertz CT molecular complexity index is 1640. The van der Waals surface area contributed by atoms with E-state index in [9.17, 15) is 29.7 Å². The molecule has 0 radical (unpaired) electrons. The summed E-state index contributed by atoms with van der Waals surface area (Å²) in [5.41, 5.74) is 6.48. The molecule has 0 aromatic heterocycles. The third kappa shape index (κ3) is 11.9. The molecule has 0 bridgehead atoms. The predicted molar refractivity (Wildman–Crippen MR) is 213 cm³/mol. The van der Waals surface area contributed by atoms with E-state index in [2.05, 4.69) is 62.6 Å². The van der Waals surface area contributed by atoms with Gasteiger partial charge >= 0.3 is 17.9 Å². The lowest BCUT2D eigenvalue weighted by Gasteiger charge is -2.24. The minimum Gasteiger partial charge on any atom is -0.481 e. The highest BCUT2D eigenvalue weighted by molar-refractivity contribution is 5.72. The van der Waals surface area contributed by atoms with Crippen molar-refractivity contribution in [2.24, 2.45) is 35.5 Å². The first-order chi connectivity index (χ1) is 26.7. The maximum Gasteiger partial charge on any atom is 0.307 e. The van der Waals surface area contributed by atoms with Crippen molar-refractivity contribution < 1.29 is 29.7 Å². The molecule has 3 aliphatic rings. The molecule has 11 heteroatoms. The van der Waals surface area contributed by atoms with Gasteiger partial charge in [0.2, 0.25) is 0 Å². The van der Waals surface area contributed by atoms with Gasteiger partial charge in [-0.05, 0) is 129 Å². The number of carbonyl (C=O) groups is 3. The molecule has 0 spiro atoms. The van der Waals surface area contributed by atoms with Crippen molar-refractivity contribution in [2.75, 3.05) is 52.4 Å². The van der Waals surface area contributed by atoms with Gasteiger partial charge < -0.3 is 36.6 Å². The van der Waals surface area contributed by atoms with Gasteiger partial charge in [-0.2, -0.15) is 0 Å². The molecule has 6 rings (SSSR count). The van der Waals surface area contributed by atoms with E-state index in [0.29, 0.717) is 38.9 Å². The molecule has 0 saturated carbocycles. The second-order valence-electron chi connectivity index (χ2n) is 16.1. The number of carboxylic acid groups (broad SMARTS) is 3. The Hall–Kier alpha value is -4.13. The molecule has 3 aromatic carbocycles. The fourth-order valence-corrected chi connectivity index (χ4v) is 8.97. The fraction of sp³-hybridized carbons (Fsp3) is 0.523. The number of aliphatic carboxylic acids is 3. The number of nitrogens with zero attached hydrogens (tertiary/aromatic N) is 1. The van der Waals surface area contributed by atoms with Crippen LogP contribution in [0.1, 0.15) is 52.6 Å². The molecule has 3 aliphatic heterocycles. The van der Waals surface area contributed by atoms with Crippen LogP contribution in [0.25, 0.3) is 0 Å². The number of hydrogen-bond donors (Lipinski definition) is 7. The van der Waals surface area contributed by atoms with Crippen molar-refractivity contribution in [3.05, 3.63) is 106 Å². The first-order valence-corrected chi connectivity index (χ1v) is 20.2. The molecular formula is C44H59N5O6. The average molecular weight is 754 g/mol. The quantitative estimate of drug-likeness (QED) is 0.0787. The molecule has 6 atom stereocenters. The van der Waals surface area contributed by atoms with Gasteiger partial charge in [0, 0.05) is 32.7 Å². The summed E-state index contributed by atoms with van der Waals surface area (Å²) >= 11 is 0. The maximum absolute atomic E-state index is 12.3. The Morgan fingerprint density at radius 1 is 0.582 bits per heavy atom. The molecule has 0 aliphatic carbocycles. The summed E-state index contributed by atoms with van der Waals surface area (Å²) in [6.07, 6.45) is 4.19. The Morgan fingerprint density at radius 3 is 1.31 bits per heavy atom. The predicted octanol–water partition coefficient (Wildman–Crippen LogP) is 4.04. The van der Waals surface area contributed by atoms with Crippen LogP contribution >= 0.6 is 0 Å². The highest BCUT2D eigenvalue weighted by atomic mass is 16.4. The summed E-state index contributed by atoms with van der Waals surface area (Å²) in [5.74, 6) is -3.03. The van der Waals surface area contributed by atoms with Crippen LogP contribution in [0, 0.1) is 35.5 Å². The topological polar surface area (TPSA) is 163 Å². The Morgan fingerprint density at radius 2 is 0.945 bits per heavy atom. The summed E-state index contributed by atoms with van der Waals surface area (Å²) in [4.78, 5) is 39.0. The van der Waals surface area contributed by atoms with Crippen LogP contribution in [-0.2, 0) is 53.3 Å². The van der Waals surface area contributed by atoms with Gasteiger partial charge in [0.1, 0.15) is 0 Å². The molecule has 55 heavy (non-hydrogen) atoms. The third-order valence-electron chi connectivity index (χ3n) is 12.0. The number of benzene rings is 3. The van der Waals surface area contributed by atoms with Crippen molar-refractivity contribution >= 4 is 17.9 Å². The lowest BCUT2D eigenvalue weighted by Crippen LogP contribution is -2.31. The Labute approximate surface area is 325 Å². The zero-order chi connectivity index (χ0) is 38.6. The van der Waals surface area contributed by atoms with Crippen molar-refractivity contribution in [3.63, 3.8) is 0 Å². The van der Waals surface area contributed by atoms with Gasteiger partial charge in [-0.3, -0.25) is 19.3 Å². The van der Waals surface area contributed by atoms with E-state index < -0.39 is 35.7 Å². The molecule has 0 amide bonds. The van der Waals surface area contributed by atoms with Gasteiger partial charge in [-0.25, -0.2) is 0 Å². The van der Waals surface area contributed by atoms with Crippen LogP contribution in [-0.4, -0.2) is 90.5 Å². The smallest absolute Gasteiger partial charge is 0.307 e. The van der Waals surface area contributed by atoms with Gasteiger partial charge in [-0.15, -0.1) is 0 Å². The molecular weight excluding hydrogens is 695 g/mol. The average Bonchev–Trinajstić information content (AvgIpc) is 3.99. The van der Waals surface area contributed by atoms with Gasteiger partial charge in [0.05, 0.1) is 17.8 Å². The van der Waals surface area contributed by atoms with Gasteiger partial charge in [-0.1, -0.05) is 72.8 Å². The summed E-state index contributed by atoms with van der Waals surface area (Å²) in [6.45, 7) is 8.33. The summed E-state index contributed by atoms with van der Waals surface area (Å²) in [6, 6.07) is 24.9. The van der Waals surface area contributed by atoms with Crippen LogP contribution in [0.3, 0.4) is 0 Å². The van der Waals surface area contributed by atoms with Crippen molar-refractivity contribution in [1.29, 1.82) is 0 Å². The zero-order valence-electron chi connectivity index (χ0n) is 31.9. The molecule has 3 saturated heterocycles. The number of rotatable bonds is 21. The lowest BCUT2D eigenvalue weighted by molar-refractivity contribution is -0.144. The fourth-order valence-electron chi connectivity index (χ4n) is 8.97. The minimum atomic E-state index is -0.737. The van der Waals surface area contributed by atoms with Crippen LogP contribution in [0.5, 0.6) is 0 Å². The van der Waals surface area contributed by atoms with E-state index in [0.717, 1.165) is 105 Å².